The number of ether oxygens (including phenoxy) is 1. The molecule has 0 bridgehead atoms. The second kappa shape index (κ2) is 7.01. The number of amides is 1. The second-order valence-corrected chi connectivity index (χ2v) is 6.96. The molecule has 0 unspecified atom stereocenters. The number of nitrogens with zero attached hydrogens (tertiary/aromatic N) is 5. The number of hydrogen-bond acceptors (Lipinski definition) is 5. The summed E-state index contributed by atoms with van der Waals surface area (Å²) in [5, 5.41) is 12.3. The Kier molecular flexibility index (Phi) is 4.66. The molecular formula is C18H18F3N5O2. The molecule has 3 heterocycles. The SMILES string of the molecule is Cc1ccc2c(c1)cc(CN(C[C@@H]1CCCO1)C(=O)C(F)(F)F)c1nnnn12. The van der Waals surface area contributed by atoms with Crippen molar-refractivity contribution < 1.29 is 22.7 Å². The minimum atomic E-state index is -4.96. The lowest BCUT2D eigenvalue weighted by Crippen LogP contribution is -2.44. The van der Waals surface area contributed by atoms with E-state index in [-0.39, 0.29) is 13.1 Å². The van der Waals surface area contributed by atoms with E-state index in [1.807, 2.05) is 25.1 Å². The Morgan fingerprint density at radius 1 is 1.36 bits per heavy atom. The van der Waals surface area contributed by atoms with Crippen LogP contribution in [-0.2, 0) is 16.1 Å². The Balaban J connectivity index is 1.75. The Labute approximate surface area is 158 Å². The molecule has 0 aliphatic carbocycles. The first-order chi connectivity index (χ1) is 13.3. The van der Waals surface area contributed by atoms with Crippen LogP contribution >= 0.6 is 0 Å². The summed E-state index contributed by atoms with van der Waals surface area (Å²) >= 11 is 0. The lowest BCUT2D eigenvalue weighted by Gasteiger charge is -2.26. The quantitative estimate of drug-likeness (QED) is 0.682. The van der Waals surface area contributed by atoms with E-state index in [1.165, 1.54) is 4.52 Å². The van der Waals surface area contributed by atoms with Gasteiger partial charge in [0, 0.05) is 30.6 Å². The predicted molar refractivity (Wildman–Crippen MR) is 93.5 cm³/mol. The zero-order valence-corrected chi connectivity index (χ0v) is 15.1. The van der Waals surface area contributed by atoms with Crippen molar-refractivity contribution >= 4 is 22.5 Å². The van der Waals surface area contributed by atoms with Crippen LogP contribution in [0.15, 0.2) is 24.3 Å². The summed E-state index contributed by atoms with van der Waals surface area (Å²) in [6, 6.07) is 7.39. The monoisotopic (exact) mass is 393 g/mol. The van der Waals surface area contributed by atoms with Gasteiger partial charge in [0.05, 0.1) is 11.6 Å². The Morgan fingerprint density at radius 2 is 2.18 bits per heavy atom. The third-order valence-electron chi connectivity index (χ3n) is 4.84. The maximum Gasteiger partial charge on any atom is 0.471 e. The van der Waals surface area contributed by atoms with Crippen LogP contribution in [0.4, 0.5) is 13.2 Å². The summed E-state index contributed by atoms with van der Waals surface area (Å²) in [6.07, 6.45) is -3.97. The van der Waals surface area contributed by atoms with Crippen molar-refractivity contribution in [3.05, 3.63) is 35.4 Å². The standard InChI is InChI=1S/C18H18F3N5O2/c1-11-4-5-15-12(7-11)8-13(16-22-23-24-26(15)16)9-25(17(27)18(19,20)21)10-14-3-2-6-28-14/h4-5,7-8,14H,2-3,6,9-10H2,1H3/t14-/m0/s1. The highest BCUT2D eigenvalue weighted by atomic mass is 19.4. The van der Waals surface area contributed by atoms with Crippen molar-refractivity contribution in [1.82, 2.24) is 24.9 Å². The van der Waals surface area contributed by atoms with Crippen molar-refractivity contribution in [3.63, 3.8) is 0 Å². The molecule has 0 saturated carbocycles. The normalized spacial score (nSPS) is 17.5. The Morgan fingerprint density at radius 3 is 2.89 bits per heavy atom. The highest BCUT2D eigenvalue weighted by Crippen LogP contribution is 2.26. The van der Waals surface area contributed by atoms with Crippen molar-refractivity contribution in [2.45, 2.75) is 38.6 Å². The van der Waals surface area contributed by atoms with Gasteiger partial charge in [-0.05, 0) is 48.4 Å². The average Bonchev–Trinajstić information content (AvgIpc) is 3.31. The van der Waals surface area contributed by atoms with Gasteiger partial charge < -0.3 is 9.64 Å². The fraction of sp³-hybridized carbons (Fsp3) is 0.444. The van der Waals surface area contributed by atoms with Gasteiger partial charge in [-0.1, -0.05) is 11.6 Å². The van der Waals surface area contributed by atoms with Crippen LogP contribution in [-0.4, -0.2) is 56.3 Å². The van der Waals surface area contributed by atoms with Gasteiger partial charge in [0.15, 0.2) is 5.65 Å². The molecule has 0 radical (unpaired) electrons. The fourth-order valence-corrected chi connectivity index (χ4v) is 3.54. The summed E-state index contributed by atoms with van der Waals surface area (Å²) < 4.78 is 46.4. The molecule has 1 aliphatic rings. The lowest BCUT2D eigenvalue weighted by molar-refractivity contribution is -0.187. The van der Waals surface area contributed by atoms with Crippen LogP contribution in [0.1, 0.15) is 24.0 Å². The summed E-state index contributed by atoms with van der Waals surface area (Å²) in [5.41, 5.74) is 2.50. The molecule has 10 heteroatoms. The molecule has 1 aliphatic heterocycles. The third-order valence-corrected chi connectivity index (χ3v) is 4.84. The summed E-state index contributed by atoms with van der Waals surface area (Å²) in [6.45, 7) is 2.02. The van der Waals surface area contributed by atoms with E-state index in [9.17, 15) is 18.0 Å². The smallest absolute Gasteiger partial charge is 0.376 e. The van der Waals surface area contributed by atoms with Crippen LogP contribution in [0.2, 0.25) is 0 Å². The van der Waals surface area contributed by atoms with E-state index in [4.69, 9.17) is 4.74 Å². The molecule has 28 heavy (non-hydrogen) atoms. The molecule has 0 N–H and O–H groups in total. The third kappa shape index (κ3) is 3.51. The molecule has 1 atom stereocenters. The van der Waals surface area contributed by atoms with Crippen molar-refractivity contribution in [2.75, 3.05) is 13.2 Å². The highest BCUT2D eigenvalue weighted by Gasteiger charge is 2.43. The summed E-state index contributed by atoms with van der Waals surface area (Å²) in [5.74, 6) is -1.89. The second-order valence-electron chi connectivity index (χ2n) is 6.96. The van der Waals surface area contributed by atoms with Gasteiger partial charge in [-0.2, -0.15) is 17.7 Å². The largest absolute Gasteiger partial charge is 0.471 e. The topological polar surface area (TPSA) is 72.6 Å². The first-order valence-corrected chi connectivity index (χ1v) is 8.91. The van der Waals surface area contributed by atoms with Crippen LogP contribution < -0.4 is 0 Å². The highest BCUT2D eigenvalue weighted by molar-refractivity contribution is 5.85. The van der Waals surface area contributed by atoms with E-state index in [1.54, 1.807) is 6.07 Å². The molecular weight excluding hydrogens is 375 g/mol. The molecule has 2 aromatic heterocycles. The zero-order chi connectivity index (χ0) is 19.9. The number of alkyl halides is 3. The van der Waals surface area contributed by atoms with Crippen LogP contribution in [0, 0.1) is 6.92 Å². The molecule has 1 fully saturated rings. The van der Waals surface area contributed by atoms with E-state index in [2.05, 4.69) is 15.5 Å². The zero-order valence-electron chi connectivity index (χ0n) is 15.1. The van der Waals surface area contributed by atoms with Crippen molar-refractivity contribution in [2.24, 2.45) is 0 Å². The number of halogens is 3. The maximum absolute atomic E-state index is 13.2. The minimum Gasteiger partial charge on any atom is -0.376 e. The number of aryl methyl sites for hydroxylation is 1. The Hall–Kier alpha value is -2.75. The number of tetrazole rings is 1. The molecule has 0 spiro atoms. The number of aromatic nitrogens is 4. The molecule has 3 aromatic rings. The Bertz CT molecular complexity index is 1030. The van der Waals surface area contributed by atoms with Crippen molar-refractivity contribution in [1.29, 1.82) is 0 Å². The summed E-state index contributed by atoms with van der Waals surface area (Å²) in [7, 11) is 0. The first-order valence-electron chi connectivity index (χ1n) is 8.91. The number of rotatable bonds is 4. The molecule has 7 nitrogen and oxygen atoms in total. The van der Waals surface area contributed by atoms with Gasteiger partial charge >= 0.3 is 12.1 Å². The molecule has 1 amide bonds. The van der Waals surface area contributed by atoms with E-state index >= 15 is 0 Å². The number of carbonyl (C=O) groups is 1. The number of carbonyl (C=O) groups excluding carboxylic acids is 1. The fourth-order valence-electron chi connectivity index (χ4n) is 3.54. The maximum atomic E-state index is 13.2. The summed E-state index contributed by atoms with van der Waals surface area (Å²) in [4.78, 5) is 12.8. The molecule has 148 valence electrons. The molecule has 1 saturated heterocycles. The predicted octanol–water partition coefficient (Wildman–Crippen LogP) is 2.66. The van der Waals surface area contributed by atoms with Gasteiger partial charge in [-0.3, -0.25) is 4.79 Å². The van der Waals surface area contributed by atoms with E-state index in [0.29, 0.717) is 24.2 Å². The van der Waals surface area contributed by atoms with Gasteiger partial charge in [0.2, 0.25) is 0 Å². The number of hydrogen-bond donors (Lipinski definition) is 0. The van der Waals surface area contributed by atoms with Gasteiger partial charge in [0.1, 0.15) is 0 Å². The first kappa shape index (κ1) is 18.6. The number of fused-ring (bicyclic) bond motifs is 3. The van der Waals surface area contributed by atoms with Gasteiger partial charge in [-0.15, -0.1) is 5.10 Å². The van der Waals surface area contributed by atoms with Crippen molar-refractivity contribution in [3.8, 4) is 0 Å². The average molecular weight is 393 g/mol. The number of pyridine rings is 1. The number of benzene rings is 1. The van der Waals surface area contributed by atoms with Gasteiger partial charge in [-0.25, -0.2) is 0 Å². The molecule has 4 rings (SSSR count). The van der Waals surface area contributed by atoms with Crippen LogP contribution in [0.5, 0.6) is 0 Å². The minimum absolute atomic E-state index is 0.127. The van der Waals surface area contributed by atoms with E-state index < -0.39 is 18.2 Å². The van der Waals surface area contributed by atoms with Crippen LogP contribution in [0.25, 0.3) is 16.6 Å². The molecule has 1 aromatic carbocycles. The van der Waals surface area contributed by atoms with Gasteiger partial charge in [0.25, 0.3) is 0 Å². The lowest BCUT2D eigenvalue weighted by atomic mass is 10.1. The van der Waals surface area contributed by atoms with E-state index in [0.717, 1.165) is 27.8 Å². The van der Waals surface area contributed by atoms with Crippen LogP contribution in [0.3, 0.4) is 0 Å².